The molecular formula is C7H14O5. The molecule has 0 saturated carbocycles. The van der Waals surface area contributed by atoms with E-state index >= 15 is 0 Å². The molecule has 0 radical (unpaired) electrons. The van der Waals surface area contributed by atoms with Gasteiger partial charge in [0, 0.05) is 0 Å². The van der Waals surface area contributed by atoms with E-state index in [2.05, 4.69) is 4.74 Å². The average Bonchev–Trinajstić information content (AvgIpc) is 2.02. The number of aliphatic hydroxyl groups is 3. The molecule has 0 aliphatic heterocycles. The molecule has 72 valence electrons. The number of rotatable bonds is 4. The molecule has 0 aliphatic rings. The van der Waals surface area contributed by atoms with E-state index in [0.29, 0.717) is 0 Å². The van der Waals surface area contributed by atoms with Crippen molar-refractivity contribution in [3.63, 3.8) is 0 Å². The number of hydrogen-bond donors (Lipinski definition) is 3. The molecule has 0 saturated heterocycles. The number of carbonyl (C=O) groups is 1. The quantitative estimate of drug-likeness (QED) is 0.374. The van der Waals surface area contributed by atoms with Gasteiger partial charge in [0.15, 0.2) is 0 Å². The van der Waals surface area contributed by atoms with E-state index in [0.717, 1.165) is 0 Å². The molecule has 0 heterocycles. The van der Waals surface area contributed by atoms with Gasteiger partial charge < -0.3 is 20.1 Å². The molecule has 0 spiro atoms. The van der Waals surface area contributed by atoms with Crippen LogP contribution in [-0.4, -0.2) is 40.3 Å². The van der Waals surface area contributed by atoms with Crippen LogP contribution in [0.2, 0.25) is 0 Å². The van der Waals surface area contributed by atoms with Crippen LogP contribution in [0.3, 0.4) is 0 Å². The molecule has 0 aliphatic carbocycles. The largest absolute Gasteiger partial charge is 0.433 e. The lowest BCUT2D eigenvalue weighted by Gasteiger charge is -2.16. The van der Waals surface area contributed by atoms with Crippen molar-refractivity contribution in [2.75, 3.05) is 6.61 Å². The fourth-order valence-electron chi connectivity index (χ4n) is 0.424. The summed E-state index contributed by atoms with van der Waals surface area (Å²) in [6, 6.07) is 0. The third kappa shape index (κ3) is 3.66. The van der Waals surface area contributed by atoms with E-state index in [1.807, 2.05) is 0 Å². The van der Waals surface area contributed by atoms with Gasteiger partial charge in [-0.2, -0.15) is 0 Å². The monoisotopic (exact) mass is 178 g/mol. The predicted octanol–water partition coefficient (Wildman–Crippen LogP) is -1.14. The van der Waals surface area contributed by atoms with E-state index < -0.39 is 25.0 Å². The fourth-order valence-corrected chi connectivity index (χ4v) is 0.424. The Morgan fingerprint density at radius 2 is 1.92 bits per heavy atom. The van der Waals surface area contributed by atoms with Crippen molar-refractivity contribution in [1.82, 2.24) is 0 Å². The van der Waals surface area contributed by atoms with Crippen molar-refractivity contribution in [3.8, 4) is 0 Å². The second-order valence-electron chi connectivity index (χ2n) is 2.73. The van der Waals surface area contributed by atoms with Crippen LogP contribution in [0.15, 0.2) is 0 Å². The van der Waals surface area contributed by atoms with Crippen molar-refractivity contribution in [3.05, 3.63) is 0 Å². The first-order valence-electron chi connectivity index (χ1n) is 3.66. The van der Waals surface area contributed by atoms with E-state index in [1.165, 1.54) is 0 Å². The summed E-state index contributed by atoms with van der Waals surface area (Å²) in [5.41, 5.74) is 0. The summed E-state index contributed by atoms with van der Waals surface area (Å²) in [4.78, 5) is 10.8. The minimum atomic E-state index is -1.65. The van der Waals surface area contributed by atoms with Crippen LogP contribution in [0.25, 0.3) is 0 Å². The Kier molecular flexibility index (Phi) is 4.80. The zero-order chi connectivity index (χ0) is 9.72. The Labute approximate surface area is 70.6 Å². The highest BCUT2D eigenvalue weighted by Crippen LogP contribution is 2.01. The SMILES string of the molecule is CC(C)C(=O)OC(O)C(O)CO. The number of aliphatic hydroxyl groups excluding tert-OH is 3. The van der Waals surface area contributed by atoms with Gasteiger partial charge in [0.25, 0.3) is 0 Å². The minimum absolute atomic E-state index is 0.370. The molecule has 0 bridgehead atoms. The third-order valence-electron chi connectivity index (χ3n) is 1.22. The van der Waals surface area contributed by atoms with E-state index in [9.17, 15) is 4.79 Å². The van der Waals surface area contributed by atoms with Gasteiger partial charge in [-0.1, -0.05) is 13.8 Å². The second-order valence-corrected chi connectivity index (χ2v) is 2.73. The number of carbonyl (C=O) groups excluding carboxylic acids is 1. The Balaban J connectivity index is 3.83. The third-order valence-corrected chi connectivity index (χ3v) is 1.22. The van der Waals surface area contributed by atoms with Crippen LogP contribution in [0.5, 0.6) is 0 Å². The topological polar surface area (TPSA) is 87.0 Å². The smallest absolute Gasteiger partial charge is 0.310 e. The first kappa shape index (κ1) is 11.4. The van der Waals surface area contributed by atoms with Crippen molar-refractivity contribution in [2.24, 2.45) is 5.92 Å². The molecule has 3 N–H and O–H groups in total. The number of hydrogen-bond acceptors (Lipinski definition) is 5. The normalized spacial score (nSPS) is 15.8. The molecule has 12 heavy (non-hydrogen) atoms. The maximum atomic E-state index is 10.8. The Morgan fingerprint density at radius 3 is 2.25 bits per heavy atom. The summed E-state index contributed by atoms with van der Waals surface area (Å²) >= 11 is 0. The summed E-state index contributed by atoms with van der Waals surface area (Å²) in [6.07, 6.45) is -3.09. The van der Waals surface area contributed by atoms with Gasteiger partial charge in [0.2, 0.25) is 6.29 Å². The zero-order valence-corrected chi connectivity index (χ0v) is 7.10. The van der Waals surface area contributed by atoms with Gasteiger partial charge in [0.05, 0.1) is 12.5 Å². The van der Waals surface area contributed by atoms with Crippen LogP contribution in [0, 0.1) is 5.92 Å². The molecule has 2 atom stereocenters. The lowest BCUT2D eigenvalue weighted by Crippen LogP contribution is -2.34. The highest BCUT2D eigenvalue weighted by molar-refractivity contribution is 5.71. The summed E-state index contributed by atoms with van der Waals surface area (Å²) in [6.45, 7) is 2.55. The van der Waals surface area contributed by atoms with Crippen LogP contribution in [-0.2, 0) is 9.53 Å². The molecule has 0 amide bonds. The van der Waals surface area contributed by atoms with E-state index in [4.69, 9.17) is 15.3 Å². The van der Waals surface area contributed by atoms with Crippen molar-refractivity contribution >= 4 is 5.97 Å². The fraction of sp³-hybridized carbons (Fsp3) is 0.857. The molecule has 0 aromatic rings. The molecule has 0 rings (SSSR count). The van der Waals surface area contributed by atoms with Gasteiger partial charge in [-0.15, -0.1) is 0 Å². The lowest BCUT2D eigenvalue weighted by atomic mass is 10.2. The van der Waals surface area contributed by atoms with Crippen molar-refractivity contribution in [1.29, 1.82) is 0 Å². The Bertz CT molecular complexity index is 145. The highest BCUT2D eigenvalue weighted by Gasteiger charge is 2.20. The summed E-state index contributed by atoms with van der Waals surface area (Å²) in [5, 5.41) is 26.0. The molecule has 0 aromatic carbocycles. The summed E-state index contributed by atoms with van der Waals surface area (Å²) < 4.78 is 4.37. The Hall–Kier alpha value is -0.650. The molecule has 5 nitrogen and oxygen atoms in total. The van der Waals surface area contributed by atoms with Crippen molar-refractivity contribution in [2.45, 2.75) is 26.2 Å². The lowest BCUT2D eigenvalue weighted by molar-refractivity contribution is -0.193. The van der Waals surface area contributed by atoms with Crippen LogP contribution in [0.1, 0.15) is 13.8 Å². The Morgan fingerprint density at radius 1 is 1.42 bits per heavy atom. The maximum absolute atomic E-state index is 10.8. The number of ether oxygens (including phenoxy) is 1. The highest BCUT2D eigenvalue weighted by atomic mass is 16.6. The van der Waals surface area contributed by atoms with Gasteiger partial charge in [-0.3, -0.25) is 4.79 Å². The van der Waals surface area contributed by atoms with Crippen LogP contribution < -0.4 is 0 Å². The van der Waals surface area contributed by atoms with Gasteiger partial charge >= 0.3 is 5.97 Å². The first-order valence-corrected chi connectivity index (χ1v) is 3.66. The predicted molar refractivity (Wildman–Crippen MR) is 40.0 cm³/mol. The molecule has 0 aromatic heterocycles. The van der Waals surface area contributed by atoms with Gasteiger partial charge in [0.1, 0.15) is 6.10 Å². The number of esters is 1. The van der Waals surface area contributed by atoms with E-state index in [-0.39, 0.29) is 5.92 Å². The van der Waals surface area contributed by atoms with Gasteiger partial charge in [-0.25, -0.2) is 0 Å². The van der Waals surface area contributed by atoms with E-state index in [1.54, 1.807) is 13.8 Å². The minimum Gasteiger partial charge on any atom is -0.433 e. The molecule has 5 heteroatoms. The standard InChI is InChI=1S/C7H14O5/c1-4(2)6(10)12-7(11)5(9)3-8/h4-5,7-9,11H,3H2,1-2H3. The zero-order valence-electron chi connectivity index (χ0n) is 7.10. The second kappa shape index (κ2) is 5.08. The molecular weight excluding hydrogens is 164 g/mol. The first-order chi connectivity index (χ1) is 5.49. The summed E-state index contributed by atoms with van der Waals surface area (Å²) in [5.74, 6) is -0.986. The average molecular weight is 178 g/mol. The van der Waals surface area contributed by atoms with Crippen molar-refractivity contribution < 1.29 is 24.9 Å². The summed E-state index contributed by atoms with van der Waals surface area (Å²) in [7, 11) is 0. The van der Waals surface area contributed by atoms with Crippen LogP contribution >= 0.6 is 0 Å². The van der Waals surface area contributed by atoms with Crippen LogP contribution in [0.4, 0.5) is 0 Å². The molecule has 2 unspecified atom stereocenters. The maximum Gasteiger partial charge on any atom is 0.310 e. The van der Waals surface area contributed by atoms with Gasteiger partial charge in [-0.05, 0) is 0 Å². The molecule has 0 fully saturated rings.